The predicted molar refractivity (Wildman–Crippen MR) is 57.8 cm³/mol. The lowest BCUT2D eigenvalue weighted by atomic mass is 10.3. The zero-order chi connectivity index (χ0) is 9.97. The molecule has 72 valence electrons. The number of hydrogen-bond acceptors (Lipinski definition) is 2. The Kier molecular flexibility index (Phi) is 2.23. The fourth-order valence-corrected chi connectivity index (χ4v) is 1.46. The van der Waals surface area contributed by atoms with E-state index >= 15 is 0 Å². The van der Waals surface area contributed by atoms with Gasteiger partial charge in [0.1, 0.15) is 0 Å². The molecule has 0 amide bonds. The van der Waals surface area contributed by atoms with Crippen LogP contribution in [0.1, 0.15) is 5.69 Å². The summed E-state index contributed by atoms with van der Waals surface area (Å²) in [6, 6.07) is 10.2. The van der Waals surface area contributed by atoms with Gasteiger partial charge in [-0.05, 0) is 19.1 Å². The van der Waals surface area contributed by atoms with Crippen molar-refractivity contribution in [1.82, 2.24) is 9.55 Å². The van der Waals surface area contributed by atoms with Gasteiger partial charge in [0.15, 0.2) is 0 Å². The van der Waals surface area contributed by atoms with Gasteiger partial charge >= 0.3 is 0 Å². The highest BCUT2D eigenvalue weighted by Crippen LogP contribution is 2.15. The molecule has 0 aliphatic rings. The van der Waals surface area contributed by atoms with Crippen LogP contribution in [-0.2, 0) is 0 Å². The monoisotopic (exact) mass is 187 g/mol. The minimum atomic E-state index is 0.869. The summed E-state index contributed by atoms with van der Waals surface area (Å²) in [5.41, 5.74) is 2.13. The lowest BCUT2D eigenvalue weighted by molar-refractivity contribution is 1.05. The van der Waals surface area contributed by atoms with Crippen LogP contribution in [0.4, 0.5) is 5.95 Å². The van der Waals surface area contributed by atoms with Crippen molar-refractivity contribution in [3.8, 4) is 5.69 Å². The van der Waals surface area contributed by atoms with Crippen LogP contribution in [0.2, 0.25) is 0 Å². The minimum absolute atomic E-state index is 0.869. The van der Waals surface area contributed by atoms with Crippen molar-refractivity contribution >= 4 is 5.95 Å². The van der Waals surface area contributed by atoms with Crippen molar-refractivity contribution in [3.63, 3.8) is 0 Å². The molecule has 0 fully saturated rings. The Bertz CT molecular complexity index is 417. The fourth-order valence-electron chi connectivity index (χ4n) is 1.46. The van der Waals surface area contributed by atoms with Crippen molar-refractivity contribution in [2.75, 3.05) is 12.4 Å². The summed E-state index contributed by atoms with van der Waals surface area (Å²) >= 11 is 0. The number of aryl methyl sites for hydroxylation is 1. The molecule has 0 spiro atoms. The van der Waals surface area contributed by atoms with Crippen molar-refractivity contribution in [1.29, 1.82) is 0 Å². The number of nitrogens with one attached hydrogen (secondary N) is 1. The van der Waals surface area contributed by atoms with Crippen LogP contribution < -0.4 is 5.32 Å². The Labute approximate surface area is 83.4 Å². The molecule has 0 aliphatic heterocycles. The van der Waals surface area contributed by atoms with Crippen molar-refractivity contribution < 1.29 is 0 Å². The maximum absolute atomic E-state index is 4.36. The lowest BCUT2D eigenvalue weighted by Crippen LogP contribution is -1.99. The summed E-state index contributed by atoms with van der Waals surface area (Å²) in [5, 5.41) is 3.07. The zero-order valence-electron chi connectivity index (χ0n) is 8.36. The SMILES string of the molecule is CNc1nc(C)cn1-c1ccccc1. The maximum atomic E-state index is 4.36. The van der Waals surface area contributed by atoms with Gasteiger partial charge in [0.05, 0.1) is 5.69 Å². The summed E-state index contributed by atoms with van der Waals surface area (Å²) in [7, 11) is 1.88. The van der Waals surface area contributed by atoms with Gasteiger partial charge in [-0.3, -0.25) is 4.57 Å². The molecule has 0 unspecified atom stereocenters. The molecule has 0 bridgehead atoms. The van der Waals surface area contributed by atoms with Crippen molar-refractivity contribution in [3.05, 3.63) is 42.2 Å². The Morgan fingerprint density at radius 2 is 1.93 bits per heavy atom. The van der Waals surface area contributed by atoms with E-state index in [4.69, 9.17) is 0 Å². The molecule has 0 radical (unpaired) electrons. The molecule has 3 nitrogen and oxygen atoms in total. The molecule has 1 heterocycles. The quantitative estimate of drug-likeness (QED) is 0.781. The Hall–Kier alpha value is -1.77. The summed E-state index contributed by atoms with van der Waals surface area (Å²) in [5.74, 6) is 0.869. The summed E-state index contributed by atoms with van der Waals surface area (Å²) in [6.07, 6.45) is 2.02. The van der Waals surface area contributed by atoms with Gasteiger partial charge in [-0.2, -0.15) is 0 Å². The van der Waals surface area contributed by atoms with E-state index in [0.717, 1.165) is 17.3 Å². The van der Waals surface area contributed by atoms with Crippen molar-refractivity contribution in [2.24, 2.45) is 0 Å². The first-order valence-electron chi connectivity index (χ1n) is 4.60. The third-order valence-corrected chi connectivity index (χ3v) is 2.08. The topological polar surface area (TPSA) is 29.9 Å². The molecule has 0 aliphatic carbocycles. The summed E-state index contributed by atoms with van der Waals surface area (Å²) < 4.78 is 2.04. The molecule has 2 rings (SSSR count). The molecule has 1 N–H and O–H groups in total. The van der Waals surface area contributed by atoms with Crippen LogP contribution in [0.3, 0.4) is 0 Å². The minimum Gasteiger partial charge on any atom is -0.358 e. The summed E-state index contributed by atoms with van der Waals surface area (Å²) in [6.45, 7) is 1.99. The normalized spacial score (nSPS) is 10.1. The van der Waals surface area contributed by atoms with Gasteiger partial charge in [0.2, 0.25) is 5.95 Å². The molecule has 3 heteroatoms. The van der Waals surface area contributed by atoms with Gasteiger partial charge < -0.3 is 5.32 Å². The van der Waals surface area contributed by atoms with Crippen LogP contribution in [0.5, 0.6) is 0 Å². The molecule has 14 heavy (non-hydrogen) atoms. The third-order valence-electron chi connectivity index (χ3n) is 2.08. The number of aromatic nitrogens is 2. The zero-order valence-corrected chi connectivity index (χ0v) is 8.36. The highest BCUT2D eigenvalue weighted by Gasteiger charge is 2.04. The second kappa shape index (κ2) is 3.54. The second-order valence-electron chi connectivity index (χ2n) is 3.16. The average molecular weight is 187 g/mol. The van der Waals surface area contributed by atoms with Crippen LogP contribution >= 0.6 is 0 Å². The molecule has 1 aromatic heterocycles. The van der Waals surface area contributed by atoms with E-state index in [9.17, 15) is 0 Å². The number of nitrogens with zero attached hydrogens (tertiary/aromatic N) is 2. The van der Waals surface area contributed by atoms with E-state index in [1.807, 2.05) is 42.9 Å². The smallest absolute Gasteiger partial charge is 0.207 e. The average Bonchev–Trinajstić information content (AvgIpc) is 2.61. The highest BCUT2D eigenvalue weighted by atomic mass is 15.2. The molecular weight excluding hydrogens is 174 g/mol. The number of imidazole rings is 1. The molecule has 0 saturated heterocycles. The van der Waals surface area contributed by atoms with Gasteiger partial charge in [0, 0.05) is 18.9 Å². The van der Waals surface area contributed by atoms with Crippen molar-refractivity contribution in [2.45, 2.75) is 6.92 Å². The van der Waals surface area contributed by atoms with E-state index in [1.54, 1.807) is 0 Å². The highest BCUT2D eigenvalue weighted by molar-refractivity contribution is 5.42. The fraction of sp³-hybridized carbons (Fsp3) is 0.182. The van der Waals surface area contributed by atoms with Crippen LogP contribution in [0.25, 0.3) is 5.69 Å². The van der Waals surface area contributed by atoms with E-state index in [-0.39, 0.29) is 0 Å². The molecule has 0 saturated carbocycles. The van der Waals surface area contributed by atoms with Gasteiger partial charge in [-0.15, -0.1) is 0 Å². The third kappa shape index (κ3) is 1.48. The van der Waals surface area contributed by atoms with Gasteiger partial charge in [0.25, 0.3) is 0 Å². The molecular formula is C11H13N3. The first-order valence-corrected chi connectivity index (χ1v) is 4.60. The van der Waals surface area contributed by atoms with Crippen LogP contribution in [0.15, 0.2) is 36.5 Å². The number of benzene rings is 1. The maximum Gasteiger partial charge on any atom is 0.207 e. The van der Waals surface area contributed by atoms with E-state index < -0.39 is 0 Å². The molecule has 1 aromatic carbocycles. The Morgan fingerprint density at radius 3 is 2.57 bits per heavy atom. The predicted octanol–water partition coefficient (Wildman–Crippen LogP) is 2.22. The molecule has 2 aromatic rings. The first kappa shape index (κ1) is 8.81. The lowest BCUT2D eigenvalue weighted by Gasteiger charge is -2.05. The standard InChI is InChI=1S/C11H13N3/c1-9-8-14(11(12-2)13-9)10-6-4-3-5-7-10/h3-8H,1-2H3,(H,12,13). The number of anilines is 1. The Morgan fingerprint density at radius 1 is 1.21 bits per heavy atom. The van der Waals surface area contributed by atoms with Gasteiger partial charge in [-0.25, -0.2) is 4.98 Å². The number of para-hydroxylation sites is 1. The van der Waals surface area contributed by atoms with E-state index in [2.05, 4.69) is 22.4 Å². The van der Waals surface area contributed by atoms with E-state index in [1.165, 1.54) is 0 Å². The number of hydrogen-bond donors (Lipinski definition) is 1. The number of rotatable bonds is 2. The summed E-state index contributed by atoms with van der Waals surface area (Å²) in [4.78, 5) is 4.36. The largest absolute Gasteiger partial charge is 0.358 e. The van der Waals surface area contributed by atoms with Crippen LogP contribution in [0, 0.1) is 6.92 Å². The first-order chi connectivity index (χ1) is 6.81. The second-order valence-corrected chi connectivity index (χ2v) is 3.16. The molecule has 0 atom stereocenters. The van der Waals surface area contributed by atoms with E-state index in [0.29, 0.717) is 0 Å². The Balaban J connectivity index is 2.51. The van der Waals surface area contributed by atoms with Gasteiger partial charge in [-0.1, -0.05) is 18.2 Å². The van der Waals surface area contributed by atoms with Crippen LogP contribution in [-0.4, -0.2) is 16.6 Å².